The summed E-state index contributed by atoms with van der Waals surface area (Å²) < 4.78 is 104. The van der Waals surface area contributed by atoms with Crippen molar-refractivity contribution in [1.82, 2.24) is 9.97 Å². The van der Waals surface area contributed by atoms with Gasteiger partial charge in [-0.2, -0.15) is 34.8 Å². The second kappa shape index (κ2) is 7.02. The third kappa shape index (κ3) is 4.08. The molecule has 0 aliphatic rings. The fourth-order valence-electron chi connectivity index (χ4n) is 2.44. The molecular formula is C16H7ClF6N2O3S. The second-order valence-corrected chi connectivity index (χ2v) is 7.49. The van der Waals surface area contributed by atoms with Crippen LogP contribution in [-0.2, 0) is 16.3 Å². The molecule has 1 heterocycles. The molecule has 3 aromatic rings. The second-order valence-electron chi connectivity index (χ2n) is 5.55. The summed E-state index contributed by atoms with van der Waals surface area (Å²) in [4.78, 5) is 7.48. The third-order valence-corrected chi connectivity index (χ3v) is 4.96. The van der Waals surface area contributed by atoms with Crippen molar-refractivity contribution in [3.05, 3.63) is 53.3 Å². The normalized spacial score (nSPS) is 12.9. The smallest absolute Gasteiger partial charge is 0.376 e. The zero-order valence-electron chi connectivity index (χ0n) is 13.7. The van der Waals surface area contributed by atoms with Crippen LogP contribution in [-0.4, -0.2) is 23.9 Å². The Bertz CT molecular complexity index is 1200. The van der Waals surface area contributed by atoms with Crippen molar-refractivity contribution in [3.63, 3.8) is 0 Å². The van der Waals surface area contributed by atoms with Crippen LogP contribution in [0.1, 0.15) is 5.56 Å². The minimum atomic E-state index is -5.96. The quantitative estimate of drug-likeness (QED) is 0.308. The number of rotatable bonds is 3. The van der Waals surface area contributed by atoms with Gasteiger partial charge in [-0.05, 0) is 24.3 Å². The molecule has 0 aliphatic carbocycles. The van der Waals surface area contributed by atoms with Gasteiger partial charge < -0.3 is 4.18 Å². The predicted molar refractivity (Wildman–Crippen MR) is 90.6 cm³/mol. The molecule has 0 saturated heterocycles. The molecule has 0 amide bonds. The Labute approximate surface area is 164 Å². The van der Waals surface area contributed by atoms with E-state index >= 15 is 0 Å². The number of alkyl halides is 6. The summed E-state index contributed by atoms with van der Waals surface area (Å²) in [5.74, 6) is -0.750. The Hall–Kier alpha value is -2.60. The van der Waals surface area contributed by atoms with Gasteiger partial charge in [-0.1, -0.05) is 23.7 Å². The maximum atomic E-state index is 13.2. The van der Waals surface area contributed by atoms with E-state index < -0.39 is 38.6 Å². The van der Waals surface area contributed by atoms with Crippen LogP contribution in [0, 0.1) is 0 Å². The molecule has 154 valence electrons. The van der Waals surface area contributed by atoms with Gasteiger partial charge in [0.15, 0.2) is 0 Å². The zero-order chi connectivity index (χ0) is 21.6. The van der Waals surface area contributed by atoms with Gasteiger partial charge in [0.2, 0.25) is 0 Å². The molecule has 0 atom stereocenters. The lowest BCUT2D eigenvalue weighted by atomic mass is 10.0. The molecule has 5 nitrogen and oxygen atoms in total. The molecule has 0 aliphatic heterocycles. The summed E-state index contributed by atoms with van der Waals surface area (Å²) in [5, 5.41) is -0.209. The topological polar surface area (TPSA) is 69.2 Å². The summed E-state index contributed by atoms with van der Waals surface area (Å²) >= 11 is 6.01. The van der Waals surface area contributed by atoms with Gasteiger partial charge in [0.05, 0.1) is 21.8 Å². The average molecular weight is 457 g/mol. The van der Waals surface area contributed by atoms with Crippen LogP contribution >= 0.6 is 11.6 Å². The van der Waals surface area contributed by atoms with E-state index in [0.717, 1.165) is 36.7 Å². The summed E-state index contributed by atoms with van der Waals surface area (Å²) in [6.07, 6.45) is -3.90. The molecule has 0 bridgehead atoms. The van der Waals surface area contributed by atoms with E-state index in [4.69, 9.17) is 11.6 Å². The Morgan fingerprint density at radius 1 is 0.966 bits per heavy atom. The Morgan fingerprint density at radius 2 is 1.66 bits per heavy atom. The fraction of sp³-hybridized carbons (Fsp3) is 0.125. The molecule has 0 saturated carbocycles. The molecule has 13 heteroatoms. The van der Waals surface area contributed by atoms with Gasteiger partial charge in [0.1, 0.15) is 12.1 Å². The van der Waals surface area contributed by atoms with Gasteiger partial charge in [0.25, 0.3) is 0 Å². The molecule has 0 unspecified atom stereocenters. The lowest BCUT2D eigenvalue weighted by Gasteiger charge is -2.13. The van der Waals surface area contributed by atoms with Crippen LogP contribution in [0.2, 0.25) is 5.02 Å². The van der Waals surface area contributed by atoms with E-state index in [1.165, 1.54) is 6.07 Å². The highest BCUT2D eigenvalue weighted by Crippen LogP contribution is 2.39. The maximum absolute atomic E-state index is 13.2. The minimum Gasteiger partial charge on any atom is -0.376 e. The van der Waals surface area contributed by atoms with Gasteiger partial charge in [-0.3, -0.25) is 0 Å². The first kappa shape index (κ1) is 21.1. The molecule has 1 aromatic heterocycles. The number of aromatic nitrogens is 2. The van der Waals surface area contributed by atoms with Crippen molar-refractivity contribution in [2.75, 3.05) is 0 Å². The van der Waals surface area contributed by atoms with Gasteiger partial charge in [-0.15, -0.1) is 0 Å². The minimum absolute atomic E-state index is 0.0972. The van der Waals surface area contributed by atoms with Crippen molar-refractivity contribution in [2.45, 2.75) is 11.7 Å². The number of benzene rings is 2. The highest BCUT2D eigenvalue weighted by molar-refractivity contribution is 7.88. The molecule has 0 radical (unpaired) electrons. The van der Waals surface area contributed by atoms with Crippen LogP contribution < -0.4 is 4.18 Å². The van der Waals surface area contributed by atoms with Crippen molar-refractivity contribution >= 4 is 32.6 Å². The van der Waals surface area contributed by atoms with E-state index in [1.807, 2.05) is 0 Å². The molecule has 0 spiro atoms. The average Bonchev–Trinajstić information content (AvgIpc) is 2.60. The van der Waals surface area contributed by atoms with Gasteiger partial charge in [-0.25, -0.2) is 9.97 Å². The maximum Gasteiger partial charge on any atom is 0.534 e. The number of hydrogen-bond donors (Lipinski definition) is 0. The largest absolute Gasteiger partial charge is 0.534 e. The van der Waals surface area contributed by atoms with Crippen LogP contribution in [0.5, 0.6) is 5.75 Å². The highest BCUT2D eigenvalue weighted by Gasteiger charge is 2.48. The Morgan fingerprint density at radius 3 is 2.28 bits per heavy atom. The fourth-order valence-corrected chi connectivity index (χ4v) is 3.10. The first-order valence-electron chi connectivity index (χ1n) is 7.43. The molecule has 0 N–H and O–H groups in total. The van der Waals surface area contributed by atoms with Gasteiger partial charge >= 0.3 is 21.8 Å². The van der Waals surface area contributed by atoms with Crippen LogP contribution in [0.4, 0.5) is 26.3 Å². The van der Waals surface area contributed by atoms with E-state index in [0.29, 0.717) is 0 Å². The van der Waals surface area contributed by atoms with Crippen LogP contribution in [0.3, 0.4) is 0 Å². The summed E-state index contributed by atoms with van der Waals surface area (Å²) in [6.45, 7) is 0. The van der Waals surface area contributed by atoms with Crippen molar-refractivity contribution < 1.29 is 38.9 Å². The van der Waals surface area contributed by atoms with Crippen molar-refractivity contribution in [2.24, 2.45) is 0 Å². The Balaban J connectivity index is 2.19. The number of hydrogen-bond acceptors (Lipinski definition) is 5. The molecule has 29 heavy (non-hydrogen) atoms. The first-order valence-corrected chi connectivity index (χ1v) is 9.21. The third-order valence-electron chi connectivity index (χ3n) is 3.65. The van der Waals surface area contributed by atoms with Crippen LogP contribution in [0.15, 0.2) is 42.7 Å². The summed E-state index contributed by atoms with van der Waals surface area (Å²) in [6, 6.07) is 5.87. The highest BCUT2D eigenvalue weighted by atomic mass is 35.5. The van der Waals surface area contributed by atoms with Gasteiger partial charge in [0, 0.05) is 10.9 Å². The SMILES string of the molecule is O=S(=O)(Oc1ccc(Cl)c(-c2ncnc3c(C(F)(F)F)cccc23)c1)C(F)(F)F. The first-order chi connectivity index (χ1) is 13.3. The van der Waals surface area contributed by atoms with Crippen LogP contribution in [0.25, 0.3) is 22.2 Å². The van der Waals surface area contributed by atoms with E-state index in [9.17, 15) is 34.8 Å². The lowest BCUT2D eigenvalue weighted by Crippen LogP contribution is -2.28. The monoisotopic (exact) mass is 456 g/mol. The molecule has 0 fully saturated rings. The van der Waals surface area contributed by atoms with Crippen molar-refractivity contribution in [1.29, 1.82) is 0 Å². The number of fused-ring (bicyclic) bond motifs is 1. The zero-order valence-corrected chi connectivity index (χ0v) is 15.3. The summed E-state index contributed by atoms with van der Waals surface area (Å²) in [5.41, 5.74) is -7.48. The Kier molecular flexibility index (Phi) is 5.11. The number of para-hydroxylation sites is 1. The molecule has 3 rings (SSSR count). The van der Waals surface area contributed by atoms with Crippen molar-refractivity contribution in [3.8, 4) is 17.0 Å². The molecular weight excluding hydrogens is 450 g/mol. The van der Waals surface area contributed by atoms with E-state index in [1.54, 1.807) is 0 Å². The summed E-state index contributed by atoms with van der Waals surface area (Å²) in [7, 11) is -5.96. The number of halogens is 7. The lowest BCUT2D eigenvalue weighted by molar-refractivity contribution is -0.136. The molecule has 2 aromatic carbocycles. The predicted octanol–water partition coefficient (Wildman–Crippen LogP) is 5.20. The number of nitrogens with zero attached hydrogens (tertiary/aromatic N) is 2. The van der Waals surface area contributed by atoms with E-state index in [2.05, 4.69) is 14.2 Å². The standard InChI is InChI=1S/C16H7ClF6N2O3S/c17-12-5-4-8(28-29(26,27)16(21,22)23)6-10(12)13-9-2-1-3-11(15(18,19)20)14(9)25-7-24-13/h1-7H. The van der Waals surface area contributed by atoms with E-state index in [-0.39, 0.29) is 21.7 Å².